The lowest BCUT2D eigenvalue weighted by Gasteiger charge is -2.06. The average Bonchev–Trinajstić information content (AvgIpc) is 2.42. The van der Waals surface area contributed by atoms with Crippen molar-refractivity contribution in [1.29, 1.82) is 0 Å². The van der Waals surface area contributed by atoms with E-state index in [-0.39, 0.29) is 30.5 Å². The summed E-state index contributed by atoms with van der Waals surface area (Å²) in [5, 5.41) is 13.4. The first-order chi connectivity index (χ1) is 9.56. The Hall–Kier alpha value is -2.47. The molecule has 0 aliphatic rings. The van der Waals surface area contributed by atoms with E-state index in [1.165, 1.54) is 12.1 Å². The van der Waals surface area contributed by atoms with Gasteiger partial charge >= 0.3 is 0 Å². The number of hydrogen-bond acceptors (Lipinski definition) is 3. The number of nitro groups is 1. The summed E-state index contributed by atoms with van der Waals surface area (Å²) in [6.07, 6.45) is 3.56. The van der Waals surface area contributed by atoms with E-state index in [0.29, 0.717) is 5.69 Å². The molecular weight excluding hydrogens is 294 g/mol. The van der Waals surface area contributed by atoms with Crippen LogP contribution in [0.2, 0.25) is 0 Å². The van der Waals surface area contributed by atoms with E-state index >= 15 is 0 Å². The van der Waals surface area contributed by atoms with E-state index in [4.69, 9.17) is 0 Å². The molecule has 0 saturated carbocycles. The molecule has 7 heteroatoms. The van der Waals surface area contributed by atoms with Crippen molar-refractivity contribution in [3.63, 3.8) is 0 Å². The number of rotatable bonds is 4. The summed E-state index contributed by atoms with van der Waals surface area (Å²) >= 11 is 0. The molecule has 0 spiro atoms. The lowest BCUT2D eigenvalue weighted by atomic mass is 10.2. The van der Waals surface area contributed by atoms with Crippen LogP contribution in [0.3, 0.4) is 0 Å². The Morgan fingerprint density at radius 2 is 1.95 bits per heavy atom. The SMILES string of the molecule is Cc1ccc([N+](=O)[O-])cc1NC(=O)C[n+]1ccccc1.[Cl-]. The van der Waals surface area contributed by atoms with Crippen LogP contribution in [0.25, 0.3) is 0 Å². The van der Waals surface area contributed by atoms with E-state index in [1.807, 2.05) is 18.2 Å². The van der Waals surface area contributed by atoms with Crippen LogP contribution in [0.1, 0.15) is 5.56 Å². The topological polar surface area (TPSA) is 76.1 Å². The van der Waals surface area contributed by atoms with Gasteiger partial charge in [0.25, 0.3) is 11.6 Å². The number of carbonyl (C=O) groups excluding carboxylic acids is 1. The molecule has 0 unspecified atom stereocenters. The van der Waals surface area contributed by atoms with Gasteiger partial charge in [-0.3, -0.25) is 14.9 Å². The van der Waals surface area contributed by atoms with Gasteiger partial charge in [0.1, 0.15) is 0 Å². The van der Waals surface area contributed by atoms with Crippen molar-refractivity contribution in [1.82, 2.24) is 0 Å². The van der Waals surface area contributed by atoms with Crippen molar-refractivity contribution >= 4 is 17.3 Å². The number of non-ortho nitro benzene ring substituents is 1. The van der Waals surface area contributed by atoms with Crippen molar-refractivity contribution in [2.45, 2.75) is 13.5 Å². The molecule has 0 bridgehead atoms. The Labute approximate surface area is 128 Å². The van der Waals surface area contributed by atoms with Crippen LogP contribution in [0.5, 0.6) is 0 Å². The molecule has 2 aromatic rings. The molecule has 0 saturated heterocycles. The number of benzene rings is 1. The number of anilines is 1. The molecule has 1 aromatic carbocycles. The van der Waals surface area contributed by atoms with Crippen LogP contribution in [0.15, 0.2) is 48.8 Å². The predicted octanol–water partition coefficient (Wildman–Crippen LogP) is -1.17. The highest BCUT2D eigenvalue weighted by Gasteiger charge is 2.13. The van der Waals surface area contributed by atoms with Gasteiger partial charge in [-0.1, -0.05) is 12.1 Å². The molecule has 1 amide bonds. The van der Waals surface area contributed by atoms with Crippen molar-refractivity contribution < 1.29 is 26.7 Å². The van der Waals surface area contributed by atoms with Crippen LogP contribution in [-0.4, -0.2) is 10.8 Å². The van der Waals surface area contributed by atoms with Gasteiger partial charge in [-0.05, 0) is 12.5 Å². The quantitative estimate of drug-likeness (QED) is 0.439. The molecule has 0 aliphatic heterocycles. The molecular formula is C14H14ClN3O3. The highest BCUT2D eigenvalue weighted by Crippen LogP contribution is 2.21. The Morgan fingerprint density at radius 3 is 2.57 bits per heavy atom. The fraction of sp³-hybridized carbons (Fsp3) is 0.143. The van der Waals surface area contributed by atoms with Gasteiger partial charge in [-0.15, -0.1) is 0 Å². The number of carbonyl (C=O) groups is 1. The van der Waals surface area contributed by atoms with E-state index < -0.39 is 4.92 Å². The minimum Gasteiger partial charge on any atom is -1.00 e. The number of hydrogen-bond donors (Lipinski definition) is 1. The van der Waals surface area contributed by atoms with Crippen LogP contribution < -0.4 is 22.3 Å². The largest absolute Gasteiger partial charge is 1.00 e. The second-order valence-electron chi connectivity index (χ2n) is 4.35. The fourth-order valence-corrected chi connectivity index (χ4v) is 1.75. The summed E-state index contributed by atoms with van der Waals surface area (Å²) in [5.74, 6) is -0.232. The average molecular weight is 308 g/mol. The van der Waals surface area contributed by atoms with Crippen molar-refractivity contribution in [2.24, 2.45) is 0 Å². The highest BCUT2D eigenvalue weighted by molar-refractivity contribution is 5.90. The zero-order chi connectivity index (χ0) is 14.5. The van der Waals surface area contributed by atoms with Crippen LogP contribution in [0, 0.1) is 17.0 Å². The molecule has 21 heavy (non-hydrogen) atoms. The van der Waals surface area contributed by atoms with Crippen molar-refractivity contribution in [3.05, 3.63) is 64.5 Å². The van der Waals surface area contributed by atoms with E-state index in [2.05, 4.69) is 5.32 Å². The van der Waals surface area contributed by atoms with Crippen molar-refractivity contribution in [3.8, 4) is 0 Å². The maximum Gasteiger partial charge on any atom is 0.290 e. The first-order valence-electron chi connectivity index (χ1n) is 6.05. The molecule has 0 fully saturated rings. The van der Waals surface area contributed by atoms with Gasteiger partial charge in [0.2, 0.25) is 6.54 Å². The highest BCUT2D eigenvalue weighted by atomic mass is 35.5. The van der Waals surface area contributed by atoms with Gasteiger partial charge in [-0.25, -0.2) is 0 Å². The third-order valence-electron chi connectivity index (χ3n) is 2.81. The van der Waals surface area contributed by atoms with Gasteiger partial charge < -0.3 is 17.7 Å². The third kappa shape index (κ3) is 4.54. The number of nitrogens with zero attached hydrogens (tertiary/aromatic N) is 2. The summed E-state index contributed by atoms with van der Waals surface area (Å²) in [7, 11) is 0. The summed E-state index contributed by atoms with van der Waals surface area (Å²) in [4.78, 5) is 22.2. The normalized spacial score (nSPS) is 9.57. The molecule has 6 nitrogen and oxygen atoms in total. The molecule has 1 N–H and O–H groups in total. The second kappa shape index (κ2) is 7.35. The number of halogens is 1. The minimum absolute atomic E-state index is 0. The Morgan fingerprint density at radius 1 is 1.29 bits per heavy atom. The molecule has 0 radical (unpaired) electrons. The molecule has 0 aliphatic carbocycles. The minimum atomic E-state index is -0.485. The number of amides is 1. The molecule has 0 atom stereocenters. The summed E-state index contributed by atoms with van der Waals surface area (Å²) in [6, 6.07) is 9.90. The molecule has 110 valence electrons. The van der Waals surface area contributed by atoms with Crippen LogP contribution in [-0.2, 0) is 11.3 Å². The summed E-state index contributed by atoms with van der Waals surface area (Å²) in [5.41, 5.74) is 1.20. The standard InChI is InChI=1S/C14H13N3O3.ClH/c1-11-5-6-12(17(19)20)9-13(11)15-14(18)10-16-7-3-2-4-8-16;/h2-9H,10H2,1H3;1H. The number of nitrogens with one attached hydrogen (secondary N) is 1. The number of aryl methyl sites for hydroxylation is 1. The van der Waals surface area contributed by atoms with Crippen LogP contribution >= 0.6 is 0 Å². The molecule has 1 aromatic heterocycles. The van der Waals surface area contributed by atoms with Gasteiger partial charge in [0.05, 0.1) is 10.6 Å². The second-order valence-corrected chi connectivity index (χ2v) is 4.35. The Bertz CT molecular complexity index is 647. The fourth-order valence-electron chi connectivity index (χ4n) is 1.75. The predicted molar refractivity (Wildman–Crippen MR) is 73.1 cm³/mol. The van der Waals surface area contributed by atoms with Gasteiger partial charge in [0.15, 0.2) is 12.4 Å². The number of nitro benzene ring substituents is 1. The van der Waals surface area contributed by atoms with Gasteiger partial charge in [-0.2, -0.15) is 4.57 Å². The number of aromatic nitrogens is 1. The van der Waals surface area contributed by atoms with E-state index in [0.717, 1.165) is 5.56 Å². The van der Waals surface area contributed by atoms with E-state index in [9.17, 15) is 14.9 Å². The monoisotopic (exact) mass is 307 g/mol. The van der Waals surface area contributed by atoms with Gasteiger partial charge in [0, 0.05) is 24.3 Å². The first-order valence-corrected chi connectivity index (χ1v) is 6.05. The molecule has 1 heterocycles. The lowest BCUT2D eigenvalue weighted by Crippen LogP contribution is -3.00. The zero-order valence-electron chi connectivity index (χ0n) is 11.3. The Balaban J connectivity index is 0.00000220. The lowest BCUT2D eigenvalue weighted by molar-refractivity contribution is -0.684. The summed E-state index contributed by atoms with van der Waals surface area (Å²) in [6.45, 7) is 1.94. The first kappa shape index (κ1) is 16.6. The van der Waals surface area contributed by atoms with Crippen LogP contribution in [0.4, 0.5) is 11.4 Å². The Kier molecular flexibility index (Phi) is 5.80. The smallest absolute Gasteiger partial charge is 0.290 e. The third-order valence-corrected chi connectivity index (χ3v) is 2.81. The zero-order valence-corrected chi connectivity index (χ0v) is 12.1. The van der Waals surface area contributed by atoms with E-state index in [1.54, 1.807) is 30.0 Å². The number of pyridine rings is 1. The summed E-state index contributed by atoms with van der Waals surface area (Å²) < 4.78 is 1.72. The maximum atomic E-state index is 11.9. The van der Waals surface area contributed by atoms with Crippen molar-refractivity contribution in [2.75, 3.05) is 5.32 Å². The maximum absolute atomic E-state index is 11.9. The molecule has 2 rings (SSSR count).